The van der Waals surface area contributed by atoms with Gasteiger partial charge in [0.2, 0.25) is 0 Å². The summed E-state index contributed by atoms with van der Waals surface area (Å²) in [5.41, 5.74) is 14.8. The number of ether oxygens (including phenoxy) is 1. The van der Waals surface area contributed by atoms with Crippen molar-refractivity contribution in [1.29, 1.82) is 0 Å². The molecule has 0 amide bonds. The minimum absolute atomic E-state index is 0.110. The van der Waals surface area contributed by atoms with E-state index in [9.17, 15) is 0 Å². The van der Waals surface area contributed by atoms with Gasteiger partial charge in [0.15, 0.2) is 11.5 Å². The summed E-state index contributed by atoms with van der Waals surface area (Å²) in [5, 5.41) is 4.25. The van der Waals surface area contributed by atoms with Crippen molar-refractivity contribution < 1.29 is 9.57 Å². The summed E-state index contributed by atoms with van der Waals surface area (Å²) in [6.45, 7) is 2.07. The number of nitrogen functional groups attached to an aromatic ring is 2. The zero-order valence-corrected chi connectivity index (χ0v) is 15.9. The van der Waals surface area contributed by atoms with E-state index >= 15 is 0 Å². The molecule has 0 saturated carbocycles. The third-order valence-corrected chi connectivity index (χ3v) is 5.71. The zero-order chi connectivity index (χ0) is 18.8. The number of aryl methyl sites for hydroxylation is 1. The Morgan fingerprint density at radius 3 is 2.78 bits per heavy atom. The van der Waals surface area contributed by atoms with Gasteiger partial charge in [0.05, 0.1) is 5.71 Å². The third kappa shape index (κ3) is 4.19. The van der Waals surface area contributed by atoms with Gasteiger partial charge in [0, 0.05) is 24.8 Å². The first kappa shape index (κ1) is 17.7. The maximum absolute atomic E-state index is 6.05. The Balaban J connectivity index is 1.30. The standard InChI is InChI=1S/C20H22N4O2S/c1-12-2-4-14(5-3-12)25-19-9-6-15(27-19)10-13-11-17(26-24-13)16-7-8-18(21)23-20(16)22/h2-8,17,19H,9-11H2,1H3,(H4,21,22,23). The quantitative estimate of drug-likeness (QED) is 0.805. The van der Waals surface area contributed by atoms with Crippen LogP contribution in [0.25, 0.3) is 0 Å². The van der Waals surface area contributed by atoms with Crippen LogP contribution in [0.4, 0.5) is 11.6 Å². The van der Waals surface area contributed by atoms with E-state index in [1.165, 1.54) is 10.5 Å². The molecule has 0 spiro atoms. The average molecular weight is 382 g/mol. The molecule has 7 heteroatoms. The molecule has 0 saturated heterocycles. The van der Waals surface area contributed by atoms with Gasteiger partial charge in [-0.1, -0.05) is 40.7 Å². The van der Waals surface area contributed by atoms with Crippen LogP contribution in [0.15, 0.2) is 52.5 Å². The summed E-state index contributed by atoms with van der Waals surface area (Å²) in [4.78, 5) is 10.9. The van der Waals surface area contributed by atoms with Crippen LogP contribution in [-0.4, -0.2) is 16.1 Å². The van der Waals surface area contributed by atoms with Crippen molar-refractivity contribution in [3.8, 4) is 5.75 Å². The minimum Gasteiger partial charge on any atom is -0.479 e. The molecule has 2 atom stereocenters. The highest BCUT2D eigenvalue weighted by Gasteiger charge is 2.28. The highest BCUT2D eigenvalue weighted by Crippen LogP contribution is 2.39. The average Bonchev–Trinajstić information content (AvgIpc) is 3.27. The van der Waals surface area contributed by atoms with Gasteiger partial charge >= 0.3 is 0 Å². The number of aromatic nitrogens is 1. The van der Waals surface area contributed by atoms with Crippen LogP contribution in [0, 0.1) is 6.92 Å². The Morgan fingerprint density at radius 2 is 2.00 bits per heavy atom. The molecule has 2 unspecified atom stereocenters. The molecule has 2 aromatic rings. The molecule has 2 aliphatic heterocycles. The van der Waals surface area contributed by atoms with E-state index in [1.807, 2.05) is 18.2 Å². The highest BCUT2D eigenvalue weighted by molar-refractivity contribution is 8.03. The predicted octanol–water partition coefficient (Wildman–Crippen LogP) is 4.19. The second kappa shape index (κ2) is 7.52. The number of pyridine rings is 1. The molecule has 0 fully saturated rings. The highest BCUT2D eigenvalue weighted by atomic mass is 32.2. The molecule has 1 aromatic carbocycles. The van der Waals surface area contributed by atoms with E-state index in [-0.39, 0.29) is 11.5 Å². The number of allylic oxidation sites excluding steroid dienone is 1. The molecule has 2 aliphatic rings. The fourth-order valence-corrected chi connectivity index (χ4v) is 4.25. The molecule has 0 radical (unpaired) electrons. The van der Waals surface area contributed by atoms with Gasteiger partial charge in [0.25, 0.3) is 0 Å². The molecule has 27 heavy (non-hydrogen) atoms. The first-order chi connectivity index (χ1) is 13.1. The number of benzene rings is 1. The fourth-order valence-electron chi connectivity index (χ4n) is 3.12. The van der Waals surface area contributed by atoms with E-state index < -0.39 is 0 Å². The van der Waals surface area contributed by atoms with Crippen LogP contribution in [0.2, 0.25) is 0 Å². The molecule has 0 bridgehead atoms. The first-order valence-electron chi connectivity index (χ1n) is 8.89. The summed E-state index contributed by atoms with van der Waals surface area (Å²) < 4.78 is 6.05. The maximum Gasteiger partial charge on any atom is 0.161 e. The van der Waals surface area contributed by atoms with Crippen molar-refractivity contribution in [3.63, 3.8) is 0 Å². The van der Waals surface area contributed by atoms with Crippen molar-refractivity contribution in [2.75, 3.05) is 11.5 Å². The fraction of sp³-hybridized carbons (Fsp3) is 0.300. The maximum atomic E-state index is 6.05. The van der Waals surface area contributed by atoms with Gasteiger partial charge in [-0.2, -0.15) is 0 Å². The number of rotatable bonds is 5. The zero-order valence-electron chi connectivity index (χ0n) is 15.1. The Kier molecular flexibility index (Phi) is 4.94. The monoisotopic (exact) mass is 382 g/mol. The van der Waals surface area contributed by atoms with Crippen LogP contribution in [-0.2, 0) is 4.84 Å². The number of anilines is 2. The third-order valence-electron chi connectivity index (χ3n) is 4.54. The molecular formula is C20H22N4O2S. The Morgan fingerprint density at radius 1 is 1.19 bits per heavy atom. The second-order valence-electron chi connectivity index (χ2n) is 6.73. The van der Waals surface area contributed by atoms with Gasteiger partial charge < -0.3 is 21.0 Å². The van der Waals surface area contributed by atoms with Crippen molar-refractivity contribution in [1.82, 2.24) is 4.98 Å². The minimum atomic E-state index is -0.195. The Labute approximate surface area is 162 Å². The molecule has 0 aliphatic carbocycles. The summed E-state index contributed by atoms with van der Waals surface area (Å²) >= 11 is 1.75. The Hall–Kier alpha value is -2.67. The predicted molar refractivity (Wildman–Crippen MR) is 109 cm³/mol. The van der Waals surface area contributed by atoms with E-state index in [0.717, 1.165) is 29.9 Å². The molecule has 4 N–H and O–H groups in total. The summed E-state index contributed by atoms with van der Waals surface area (Å²) in [6, 6.07) is 11.7. The normalized spacial score (nSPS) is 21.5. The van der Waals surface area contributed by atoms with Crippen LogP contribution in [0.5, 0.6) is 5.75 Å². The van der Waals surface area contributed by atoms with Crippen molar-refractivity contribution in [3.05, 3.63) is 58.5 Å². The van der Waals surface area contributed by atoms with E-state index in [1.54, 1.807) is 17.8 Å². The van der Waals surface area contributed by atoms with Crippen LogP contribution < -0.4 is 16.2 Å². The van der Waals surface area contributed by atoms with Gasteiger partial charge in [-0.3, -0.25) is 0 Å². The van der Waals surface area contributed by atoms with E-state index in [2.05, 4.69) is 35.3 Å². The van der Waals surface area contributed by atoms with Crippen LogP contribution >= 0.6 is 11.8 Å². The lowest BCUT2D eigenvalue weighted by Gasteiger charge is -2.13. The second-order valence-corrected chi connectivity index (χ2v) is 8.01. The molecule has 6 nitrogen and oxygen atoms in total. The molecule has 4 rings (SSSR count). The number of hydrogen-bond donors (Lipinski definition) is 2. The molecule has 1 aromatic heterocycles. The number of nitrogens with two attached hydrogens (primary N) is 2. The van der Waals surface area contributed by atoms with Crippen molar-refractivity contribution in [2.45, 2.75) is 37.7 Å². The van der Waals surface area contributed by atoms with Gasteiger partial charge in [-0.25, -0.2) is 4.98 Å². The lowest BCUT2D eigenvalue weighted by atomic mass is 10.0. The topological polar surface area (TPSA) is 95.8 Å². The number of oxime groups is 1. The number of thioether (sulfide) groups is 1. The number of nitrogens with zero attached hydrogens (tertiary/aromatic N) is 2. The largest absolute Gasteiger partial charge is 0.479 e. The molecular weight excluding hydrogens is 360 g/mol. The van der Waals surface area contributed by atoms with Crippen LogP contribution in [0.3, 0.4) is 0 Å². The summed E-state index contributed by atoms with van der Waals surface area (Å²) in [7, 11) is 0. The van der Waals surface area contributed by atoms with Crippen molar-refractivity contribution in [2.24, 2.45) is 5.16 Å². The van der Waals surface area contributed by atoms with E-state index in [4.69, 9.17) is 21.0 Å². The SMILES string of the molecule is Cc1ccc(OC2CC=C(CC3=NOC(c4ccc(N)nc4N)C3)S2)cc1. The molecule has 140 valence electrons. The summed E-state index contributed by atoms with van der Waals surface area (Å²) in [5.74, 6) is 1.71. The van der Waals surface area contributed by atoms with E-state index in [0.29, 0.717) is 18.1 Å². The van der Waals surface area contributed by atoms with Crippen molar-refractivity contribution >= 4 is 29.1 Å². The Bertz CT molecular complexity index is 895. The lowest BCUT2D eigenvalue weighted by molar-refractivity contribution is 0.0860. The van der Waals surface area contributed by atoms with Crippen LogP contribution in [0.1, 0.15) is 36.5 Å². The first-order valence-corrected chi connectivity index (χ1v) is 9.77. The van der Waals surface area contributed by atoms with Gasteiger partial charge in [0.1, 0.15) is 17.4 Å². The number of hydrogen-bond acceptors (Lipinski definition) is 7. The summed E-state index contributed by atoms with van der Waals surface area (Å²) in [6.07, 6.45) is 4.40. The lowest BCUT2D eigenvalue weighted by Crippen LogP contribution is -2.08. The molecule has 3 heterocycles. The smallest absolute Gasteiger partial charge is 0.161 e. The van der Waals surface area contributed by atoms with Gasteiger partial charge in [-0.15, -0.1) is 0 Å². The van der Waals surface area contributed by atoms with Gasteiger partial charge in [-0.05, 0) is 36.1 Å².